The van der Waals surface area contributed by atoms with Crippen LogP contribution in [0.1, 0.15) is 11.3 Å². The average Bonchev–Trinajstić information content (AvgIpc) is 3.07. The molecular formula is C17H17N5O2. The predicted molar refractivity (Wildman–Crippen MR) is 90.1 cm³/mol. The van der Waals surface area contributed by atoms with Crippen molar-refractivity contribution >= 4 is 21.9 Å². The van der Waals surface area contributed by atoms with Crippen molar-refractivity contribution in [1.82, 2.24) is 24.5 Å². The van der Waals surface area contributed by atoms with Crippen LogP contribution < -0.4 is 0 Å². The fourth-order valence-electron chi connectivity index (χ4n) is 3.06. The number of aromatic hydroxyl groups is 2. The van der Waals surface area contributed by atoms with Crippen molar-refractivity contribution in [2.24, 2.45) is 0 Å². The number of nitrogens with zero attached hydrogens (tertiary/aromatic N) is 5. The third-order valence-corrected chi connectivity index (χ3v) is 4.23. The number of aromatic nitrogens is 5. The Morgan fingerprint density at radius 3 is 2.54 bits per heavy atom. The van der Waals surface area contributed by atoms with Crippen LogP contribution in [0.15, 0.2) is 30.6 Å². The van der Waals surface area contributed by atoms with Crippen molar-refractivity contribution in [3.63, 3.8) is 0 Å². The van der Waals surface area contributed by atoms with Gasteiger partial charge in [-0.25, -0.2) is 9.67 Å². The van der Waals surface area contributed by atoms with Gasteiger partial charge < -0.3 is 10.2 Å². The summed E-state index contributed by atoms with van der Waals surface area (Å²) in [6.07, 6.45) is 3.23. The van der Waals surface area contributed by atoms with E-state index in [0.717, 1.165) is 33.2 Å². The number of phenolic OH excluding ortho intramolecular Hbond substituents is 1. The lowest BCUT2D eigenvalue weighted by atomic mass is 10.1. The van der Waals surface area contributed by atoms with Gasteiger partial charge in [0.2, 0.25) is 0 Å². The molecular weight excluding hydrogens is 306 g/mol. The molecule has 0 saturated heterocycles. The zero-order valence-corrected chi connectivity index (χ0v) is 13.4. The highest BCUT2D eigenvalue weighted by Crippen LogP contribution is 2.24. The first kappa shape index (κ1) is 14.5. The molecule has 0 aliphatic rings. The molecule has 1 aromatic carbocycles. The molecule has 0 aliphatic carbocycles. The minimum Gasteiger partial charge on any atom is -0.508 e. The largest absolute Gasteiger partial charge is 0.508 e. The molecule has 2 N–H and O–H groups in total. The Hall–Kier alpha value is -3.09. The summed E-state index contributed by atoms with van der Waals surface area (Å²) < 4.78 is 3.67. The summed E-state index contributed by atoms with van der Waals surface area (Å²) in [5.41, 5.74) is 3.45. The molecule has 0 unspecified atom stereocenters. The summed E-state index contributed by atoms with van der Waals surface area (Å²) in [7, 11) is 0. The van der Waals surface area contributed by atoms with E-state index in [-0.39, 0.29) is 11.5 Å². The SMILES string of the molecule is Cc1cc(O)cc2c1cnn2CCn1nc(C)c2cc(O)cnc21. The Morgan fingerprint density at radius 2 is 1.71 bits per heavy atom. The maximum atomic E-state index is 9.82. The number of benzene rings is 1. The number of aryl methyl sites for hydroxylation is 4. The van der Waals surface area contributed by atoms with Crippen molar-refractivity contribution in [2.45, 2.75) is 26.9 Å². The van der Waals surface area contributed by atoms with Crippen LogP contribution in [0.5, 0.6) is 11.5 Å². The first-order chi connectivity index (χ1) is 11.5. The van der Waals surface area contributed by atoms with Crippen LogP contribution in [0.3, 0.4) is 0 Å². The van der Waals surface area contributed by atoms with E-state index >= 15 is 0 Å². The minimum atomic E-state index is 0.133. The van der Waals surface area contributed by atoms with Crippen LogP contribution in [0.4, 0.5) is 0 Å². The second-order valence-electron chi connectivity index (χ2n) is 5.94. The van der Waals surface area contributed by atoms with Gasteiger partial charge in [0, 0.05) is 16.8 Å². The normalized spacial score (nSPS) is 11.6. The summed E-state index contributed by atoms with van der Waals surface area (Å²) in [5, 5.41) is 30.2. The summed E-state index contributed by atoms with van der Waals surface area (Å²) >= 11 is 0. The number of hydrogen-bond donors (Lipinski definition) is 2. The molecule has 7 heteroatoms. The molecule has 0 bridgehead atoms. The minimum absolute atomic E-state index is 0.133. The average molecular weight is 323 g/mol. The molecule has 3 aromatic heterocycles. The fraction of sp³-hybridized carbons (Fsp3) is 0.235. The first-order valence-corrected chi connectivity index (χ1v) is 7.70. The number of phenols is 1. The summed E-state index contributed by atoms with van der Waals surface area (Å²) in [6.45, 7) is 5.04. The Kier molecular flexibility index (Phi) is 3.16. The van der Waals surface area contributed by atoms with Crippen molar-refractivity contribution < 1.29 is 10.2 Å². The molecule has 0 aliphatic heterocycles. The number of pyridine rings is 1. The van der Waals surface area contributed by atoms with E-state index in [1.807, 2.05) is 29.4 Å². The highest BCUT2D eigenvalue weighted by molar-refractivity contribution is 5.83. The standard InChI is InChI=1S/C17H17N5O2/c1-10-5-12(23)7-16-15(10)9-19-21(16)3-4-22-17-14(11(2)20-22)6-13(24)8-18-17/h5-9,23-24H,3-4H2,1-2H3. The van der Waals surface area contributed by atoms with Crippen molar-refractivity contribution in [3.8, 4) is 11.5 Å². The lowest BCUT2D eigenvalue weighted by Crippen LogP contribution is -2.10. The molecule has 122 valence electrons. The van der Waals surface area contributed by atoms with E-state index < -0.39 is 0 Å². The topological polar surface area (TPSA) is 89.0 Å². The Morgan fingerprint density at radius 1 is 0.917 bits per heavy atom. The third kappa shape index (κ3) is 2.25. The van der Waals surface area contributed by atoms with Gasteiger partial charge in [0.25, 0.3) is 0 Å². The first-order valence-electron chi connectivity index (χ1n) is 7.70. The highest BCUT2D eigenvalue weighted by Gasteiger charge is 2.11. The second-order valence-corrected chi connectivity index (χ2v) is 5.94. The van der Waals surface area contributed by atoms with E-state index in [4.69, 9.17) is 0 Å². The fourth-order valence-corrected chi connectivity index (χ4v) is 3.06. The quantitative estimate of drug-likeness (QED) is 0.605. The van der Waals surface area contributed by atoms with Gasteiger partial charge in [-0.3, -0.25) is 4.68 Å². The molecule has 0 radical (unpaired) electrons. The smallest absolute Gasteiger partial charge is 0.158 e. The number of hydrogen-bond acceptors (Lipinski definition) is 5. The van der Waals surface area contributed by atoms with Gasteiger partial charge in [-0.2, -0.15) is 10.2 Å². The zero-order chi connectivity index (χ0) is 16.8. The van der Waals surface area contributed by atoms with Gasteiger partial charge in [-0.1, -0.05) is 0 Å². The van der Waals surface area contributed by atoms with Crippen LogP contribution in [0, 0.1) is 13.8 Å². The lowest BCUT2D eigenvalue weighted by Gasteiger charge is -2.06. The van der Waals surface area contributed by atoms with Crippen molar-refractivity contribution in [2.75, 3.05) is 0 Å². The van der Waals surface area contributed by atoms with E-state index in [9.17, 15) is 10.2 Å². The maximum Gasteiger partial charge on any atom is 0.158 e. The van der Waals surface area contributed by atoms with Gasteiger partial charge >= 0.3 is 0 Å². The van der Waals surface area contributed by atoms with Gasteiger partial charge in [0.05, 0.1) is 36.7 Å². The molecule has 0 atom stereocenters. The van der Waals surface area contributed by atoms with Crippen molar-refractivity contribution in [1.29, 1.82) is 0 Å². The van der Waals surface area contributed by atoms with Gasteiger partial charge in [0.1, 0.15) is 11.5 Å². The Balaban J connectivity index is 1.69. The van der Waals surface area contributed by atoms with E-state index in [0.29, 0.717) is 13.1 Å². The molecule has 3 heterocycles. The monoisotopic (exact) mass is 323 g/mol. The number of fused-ring (bicyclic) bond motifs is 2. The lowest BCUT2D eigenvalue weighted by molar-refractivity contribution is 0.473. The van der Waals surface area contributed by atoms with E-state index in [1.54, 1.807) is 18.2 Å². The van der Waals surface area contributed by atoms with Gasteiger partial charge in [0.15, 0.2) is 5.65 Å². The second kappa shape index (κ2) is 5.23. The molecule has 4 aromatic rings. The Bertz CT molecular complexity index is 1060. The molecule has 4 rings (SSSR count). The third-order valence-electron chi connectivity index (χ3n) is 4.23. The number of rotatable bonds is 3. The van der Waals surface area contributed by atoms with Crippen molar-refractivity contribution in [3.05, 3.63) is 41.9 Å². The van der Waals surface area contributed by atoms with Crippen LogP contribution in [0.2, 0.25) is 0 Å². The van der Waals surface area contributed by atoms with E-state index in [1.165, 1.54) is 6.20 Å². The van der Waals surface area contributed by atoms with E-state index in [2.05, 4.69) is 15.2 Å². The predicted octanol–water partition coefficient (Wildman–Crippen LogP) is 2.51. The molecule has 7 nitrogen and oxygen atoms in total. The van der Waals surface area contributed by atoms with Crippen LogP contribution in [-0.2, 0) is 13.1 Å². The summed E-state index contributed by atoms with van der Waals surface area (Å²) in [6, 6.07) is 5.12. The van der Waals surface area contributed by atoms with Gasteiger partial charge in [-0.05, 0) is 31.5 Å². The van der Waals surface area contributed by atoms with Crippen LogP contribution in [0.25, 0.3) is 21.9 Å². The maximum absolute atomic E-state index is 9.82. The molecule has 0 fully saturated rings. The molecule has 0 saturated carbocycles. The van der Waals surface area contributed by atoms with Gasteiger partial charge in [-0.15, -0.1) is 0 Å². The molecule has 0 spiro atoms. The Labute approximate surface area is 137 Å². The highest BCUT2D eigenvalue weighted by atomic mass is 16.3. The van der Waals surface area contributed by atoms with Crippen LogP contribution in [-0.4, -0.2) is 34.8 Å². The van der Waals surface area contributed by atoms with Crippen LogP contribution >= 0.6 is 0 Å². The zero-order valence-electron chi connectivity index (χ0n) is 13.4. The summed E-state index contributed by atoms with van der Waals surface area (Å²) in [5.74, 6) is 0.369. The summed E-state index contributed by atoms with van der Waals surface area (Å²) in [4.78, 5) is 4.27. The molecule has 24 heavy (non-hydrogen) atoms. The molecule has 0 amide bonds.